The van der Waals surface area contributed by atoms with Crippen molar-refractivity contribution in [1.82, 2.24) is 0 Å². The van der Waals surface area contributed by atoms with Crippen LogP contribution in [0.3, 0.4) is 0 Å². The Morgan fingerprint density at radius 2 is 1.76 bits per heavy atom. The summed E-state index contributed by atoms with van der Waals surface area (Å²) in [7, 11) is 1.69. The zero-order valence-corrected chi connectivity index (χ0v) is 13.1. The first kappa shape index (κ1) is 15.2. The SMILES string of the molecule is COc1ccc(NCc2ccc(OC(C)C)cc2)cc1C. The zero-order valence-electron chi connectivity index (χ0n) is 13.1. The van der Waals surface area contributed by atoms with Crippen molar-refractivity contribution < 1.29 is 9.47 Å². The van der Waals surface area contributed by atoms with Crippen LogP contribution in [0.1, 0.15) is 25.0 Å². The predicted molar refractivity (Wildman–Crippen MR) is 87.3 cm³/mol. The normalized spacial score (nSPS) is 10.5. The lowest BCUT2D eigenvalue weighted by Gasteiger charge is -2.12. The van der Waals surface area contributed by atoms with Gasteiger partial charge in [0.15, 0.2) is 0 Å². The van der Waals surface area contributed by atoms with Crippen LogP contribution in [0, 0.1) is 6.92 Å². The summed E-state index contributed by atoms with van der Waals surface area (Å²) in [5, 5.41) is 3.42. The maximum atomic E-state index is 5.64. The van der Waals surface area contributed by atoms with Gasteiger partial charge in [-0.3, -0.25) is 0 Å². The number of hydrogen-bond donors (Lipinski definition) is 1. The first-order chi connectivity index (χ1) is 10.1. The van der Waals surface area contributed by atoms with E-state index in [4.69, 9.17) is 9.47 Å². The molecule has 0 aliphatic carbocycles. The molecule has 21 heavy (non-hydrogen) atoms. The highest BCUT2D eigenvalue weighted by Gasteiger charge is 2.01. The van der Waals surface area contributed by atoms with E-state index < -0.39 is 0 Å². The largest absolute Gasteiger partial charge is 0.496 e. The Morgan fingerprint density at radius 3 is 2.33 bits per heavy atom. The number of hydrogen-bond acceptors (Lipinski definition) is 3. The first-order valence-electron chi connectivity index (χ1n) is 7.22. The van der Waals surface area contributed by atoms with Crippen LogP contribution in [-0.2, 0) is 6.54 Å². The lowest BCUT2D eigenvalue weighted by atomic mass is 10.2. The Hall–Kier alpha value is -2.16. The Balaban J connectivity index is 1.95. The fourth-order valence-corrected chi connectivity index (χ4v) is 2.15. The number of methoxy groups -OCH3 is 1. The maximum absolute atomic E-state index is 5.64. The molecule has 0 unspecified atom stereocenters. The van der Waals surface area contributed by atoms with Gasteiger partial charge in [-0.15, -0.1) is 0 Å². The molecule has 0 atom stereocenters. The number of ether oxygens (including phenoxy) is 2. The highest BCUT2D eigenvalue weighted by atomic mass is 16.5. The fraction of sp³-hybridized carbons (Fsp3) is 0.333. The standard InChI is InChI=1S/C18H23NO2/c1-13(2)21-17-8-5-15(6-9-17)12-19-16-7-10-18(20-4)14(3)11-16/h5-11,13,19H,12H2,1-4H3. The van der Waals surface area contributed by atoms with Crippen molar-refractivity contribution in [3.8, 4) is 11.5 Å². The molecule has 112 valence electrons. The molecule has 2 rings (SSSR count). The maximum Gasteiger partial charge on any atom is 0.121 e. The van der Waals surface area contributed by atoms with Crippen molar-refractivity contribution in [1.29, 1.82) is 0 Å². The molecular weight excluding hydrogens is 262 g/mol. The fourth-order valence-electron chi connectivity index (χ4n) is 2.15. The van der Waals surface area contributed by atoms with E-state index in [1.807, 2.05) is 45.0 Å². The van der Waals surface area contributed by atoms with E-state index in [1.165, 1.54) is 5.56 Å². The monoisotopic (exact) mass is 285 g/mol. The van der Waals surface area contributed by atoms with Gasteiger partial charge in [0, 0.05) is 12.2 Å². The Morgan fingerprint density at radius 1 is 1.05 bits per heavy atom. The zero-order chi connectivity index (χ0) is 15.2. The predicted octanol–water partition coefficient (Wildman–Crippen LogP) is 4.40. The van der Waals surface area contributed by atoms with Crippen LogP contribution in [0.4, 0.5) is 5.69 Å². The van der Waals surface area contributed by atoms with Gasteiger partial charge >= 0.3 is 0 Å². The van der Waals surface area contributed by atoms with Gasteiger partial charge in [-0.2, -0.15) is 0 Å². The summed E-state index contributed by atoms with van der Waals surface area (Å²) >= 11 is 0. The number of benzene rings is 2. The number of anilines is 1. The molecular formula is C18H23NO2. The van der Waals surface area contributed by atoms with Gasteiger partial charge in [0.25, 0.3) is 0 Å². The summed E-state index contributed by atoms with van der Waals surface area (Å²) in [5.74, 6) is 1.82. The summed E-state index contributed by atoms with van der Waals surface area (Å²) in [6, 6.07) is 14.3. The minimum absolute atomic E-state index is 0.205. The van der Waals surface area contributed by atoms with Crippen LogP contribution < -0.4 is 14.8 Å². The van der Waals surface area contributed by atoms with Gasteiger partial charge < -0.3 is 14.8 Å². The van der Waals surface area contributed by atoms with Crippen molar-refractivity contribution in [2.45, 2.75) is 33.4 Å². The highest BCUT2D eigenvalue weighted by Crippen LogP contribution is 2.22. The molecule has 0 fully saturated rings. The van der Waals surface area contributed by atoms with Crippen molar-refractivity contribution in [3.63, 3.8) is 0 Å². The van der Waals surface area contributed by atoms with Gasteiger partial charge in [-0.25, -0.2) is 0 Å². The summed E-state index contributed by atoms with van der Waals surface area (Å²) in [6.45, 7) is 6.89. The number of nitrogens with one attached hydrogen (secondary N) is 1. The van der Waals surface area contributed by atoms with Gasteiger partial charge in [0.2, 0.25) is 0 Å². The van der Waals surface area contributed by atoms with Crippen LogP contribution in [0.2, 0.25) is 0 Å². The van der Waals surface area contributed by atoms with Gasteiger partial charge in [0.05, 0.1) is 13.2 Å². The van der Waals surface area contributed by atoms with Crippen LogP contribution >= 0.6 is 0 Å². The molecule has 0 spiro atoms. The van der Waals surface area contributed by atoms with Crippen LogP contribution in [0.15, 0.2) is 42.5 Å². The van der Waals surface area contributed by atoms with Crippen LogP contribution in [-0.4, -0.2) is 13.2 Å². The second-order valence-electron chi connectivity index (χ2n) is 5.35. The molecule has 1 N–H and O–H groups in total. The average molecular weight is 285 g/mol. The van der Waals surface area contributed by atoms with Crippen molar-refractivity contribution >= 4 is 5.69 Å². The number of rotatable bonds is 6. The van der Waals surface area contributed by atoms with Crippen LogP contribution in [0.5, 0.6) is 11.5 Å². The van der Waals surface area contributed by atoms with Crippen molar-refractivity contribution in [3.05, 3.63) is 53.6 Å². The number of aryl methyl sites for hydroxylation is 1. The van der Waals surface area contributed by atoms with Gasteiger partial charge in [-0.05, 0) is 62.2 Å². The van der Waals surface area contributed by atoms with Crippen molar-refractivity contribution in [2.75, 3.05) is 12.4 Å². The summed E-state index contributed by atoms with van der Waals surface area (Å²) < 4.78 is 10.9. The van der Waals surface area contributed by atoms with Gasteiger partial charge in [-0.1, -0.05) is 12.1 Å². The average Bonchev–Trinajstić information content (AvgIpc) is 2.46. The van der Waals surface area contributed by atoms with E-state index in [0.29, 0.717) is 0 Å². The third kappa shape index (κ3) is 4.42. The second kappa shape index (κ2) is 7.02. The molecule has 3 nitrogen and oxygen atoms in total. The molecule has 2 aromatic rings. The minimum Gasteiger partial charge on any atom is -0.496 e. The Bertz CT molecular complexity index is 576. The molecule has 0 aliphatic heterocycles. The van der Waals surface area contributed by atoms with Crippen LogP contribution in [0.25, 0.3) is 0 Å². The molecule has 0 bridgehead atoms. The smallest absolute Gasteiger partial charge is 0.121 e. The highest BCUT2D eigenvalue weighted by molar-refractivity contribution is 5.51. The van der Waals surface area contributed by atoms with E-state index >= 15 is 0 Å². The molecule has 2 aromatic carbocycles. The van der Waals surface area contributed by atoms with E-state index in [1.54, 1.807) is 7.11 Å². The Kier molecular flexibility index (Phi) is 5.09. The molecule has 0 heterocycles. The Labute approximate surface area is 126 Å². The van der Waals surface area contributed by atoms with E-state index in [9.17, 15) is 0 Å². The lowest BCUT2D eigenvalue weighted by molar-refractivity contribution is 0.242. The third-order valence-electron chi connectivity index (χ3n) is 3.19. The molecule has 0 saturated heterocycles. The molecule has 0 amide bonds. The summed E-state index contributed by atoms with van der Waals surface area (Å²) in [4.78, 5) is 0. The van der Waals surface area contributed by atoms with E-state index in [-0.39, 0.29) is 6.10 Å². The molecule has 0 aromatic heterocycles. The first-order valence-corrected chi connectivity index (χ1v) is 7.22. The quantitative estimate of drug-likeness (QED) is 0.853. The minimum atomic E-state index is 0.205. The molecule has 3 heteroatoms. The lowest BCUT2D eigenvalue weighted by Crippen LogP contribution is -2.05. The third-order valence-corrected chi connectivity index (χ3v) is 3.19. The van der Waals surface area contributed by atoms with E-state index in [2.05, 4.69) is 23.5 Å². The topological polar surface area (TPSA) is 30.5 Å². The summed E-state index contributed by atoms with van der Waals surface area (Å²) in [5.41, 5.74) is 3.44. The molecule has 0 radical (unpaired) electrons. The van der Waals surface area contributed by atoms with Gasteiger partial charge in [0.1, 0.15) is 11.5 Å². The molecule has 0 aliphatic rings. The van der Waals surface area contributed by atoms with E-state index in [0.717, 1.165) is 29.3 Å². The second-order valence-corrected chi connectivity index (χ2v) is 5.35. The molecule has 0 saturated carbocycles. The van der Waals surface area contributed by atoms with Crippen molar-refractivity contribution in [2.24, 2.45) is 0 Å². The summed E-state index contributed by atoms with van der Waals surface area (Å²) in [6.07, 6.45) is 0.205.